The van der Waals surface area contributed by atoms with Crippen molar-refractivity contribution in [3.8, 4) is 0 Å². The lowest BCUT2D eigenvalue weighted by Gasteiger charge is -2.22. The van der Waals surface area contributed by atoms with Crippen molar-refractivity contribution in [3.63, 3.8) is 0 Å². The lowest BCUT2D eigenvalue weighted by molar-refractivity contribution is 0.320. The van der Waals surface area contributed by atoms with E-state index in [0.29, 0.717) is 17.8 Å². The summed E-state index contributed by atoms with van der Waals surface area (Å²) in [4.78, 5) is 16.3. The highest BCUT2D eigenvalue weighted by Gasteiger charge is 2.15. The van der Waals surface area contributed by atoms with Gasteiger partial charge in [-0.15, -0.1) is 0 Å². The van der Waals surface area contributed by atoms with Gasteiger partial charge in [-0.05, 0) is 37.9 Å². The highest BCUT2D eigenvalue weighted by atomic mass is 16.1. The van der Waals surface area contributed by atoms with Gasteiger partial charge in [0.1, 0.15) is 0 Å². The number of nitrogens with zero attached hydrogens (tertiary/aromatic N) is 3. The van der Waals surface area contributed by atoms with Crippen molar-refractivity contribution in [1.82, 2.24) is 20.1 Å². The first-order valence-corrected chi connectivity index (χ1v) is 6.35. The van der Waals surface area contributed by atoms with Gasteiger partial charge in [0.05, 0.1) is 11.6 Å². The number of piperidine rings is 1. The topological polar surface area (TPSA) is 59.8 Å². The van der Waals surface area contributed by atoms with E-state index in [9.17, 15) is 4.79 Å². The van der Waals surface area contributed by atoms with Crippen molar-refractivity contribution in [2.75, 3.05) is 13.1 Å². The maximum Gasteiger partial charge on any atom is 0.276 e. The van der Waals surface area contributed by atoms with Crippen LogP contribution in [0.2, 0.25) is 0 Å². The minimum atomic E-state index is -0.0360. The van der Waals surface area contributed by atoms with Crippen LogP contribution in [0.3, 0.4) is 0 Å². The predicted molar refractivity (Wildman–Crippen MR) is 69.4 cm³/mol. The lowest BCUT2D eigenvalue weighted by Crippen LogP contribution is -2.35. The average molecular weight is 244 g/mol. The smallest absolute Gasteiger partial charge is 0.276 e. The van der Waals surface area contributed by atoms with Crippen LogP contribution >= 0.6 is 0 Å². The zero-order valence-electron chi connectivity index (χ0n) is 10.2. The van der Waals surface area contributed by atoms with Gasteiger partial charge in [-0.25, -0.2) is 4.68 Å². The fourth-order valence-electron chi connectivity index (χ4n) is 2.47. The first-order valence-electron chi connectivity index (χ1n) is 6.35. The molecular weight excluding hydrogens is 228 g/mol. The molecule has 3 rings (SSSR count). The third-order valence-electron chi connectivity index (χ3n) is 3.49. The van der Waals surface area contributed by atoms with Crippen molar-refractivity contribution in [2.24, 2.45) is 5.92 Å². The molecule has 1 aliphatic rings. The van der Waals surface area contributed by atoms with Gasteiger partial charge in [-0.2, -0.15) is 5.10 Å². The molecule has 18 heavy (non-hydrogen) atoms. The Bertz CT molecular complexity index is 601. The van der Waals surface area contributed by atoms with Crippen molar-refractivity contribution in [3.05, 3.63) is 35.0 Å². The molecule has 0 aliphatic carbocycles. The van der Waals surface area contributed by atoms with Crippen LogP contribution in [-0.2, 0) is 6.54 Å². The molecule has 5 nitrogen and oxygen atoms in total. The molecule has 0 unspecified atom stereocenters. The van der Waals surface area contributed by atoms with Gasteiger partial charge in [0.25, 0.3) is 5.56 Å². The molecule has 0 amide bonds. The molecule has 0 spiro atoms. The van der Waals surface area contributed by atoms with E-state index in [2.05, 4.69) is 15.4 Å². The number of pyridine rings is 1. The van der Waals surface area contributed by atoms with Crippen molar-refractivity contribution < 1.29 is 0 Å². The van der Waals surface area contributed by atoms with Gasteiger partial charge in [0.2, 0.25) is 0 Å². The molecule has 1 atom stereocenters. The number of rotatable bonds is 2. The fraction of sp³-hybridized carbons (Fsp3) is 0.462. The minimum Gasteiger partial charge on any atom is -0.316 e. The normalized spacial score (nSPS) is 20.1. The van der Waals surface area contributed by atoms with Crippen molar-refractivity contribution >= 4 is 10.8 Å². The Balaban J connectivity index is 1.92. The Labute approximate surface area is 105 Å². The van der Waals surface area contributed by atoms with Crippen LogP contribution in [-0.4, -0.2) is 27.9 Å². The predicted octanol–water partition coefficient (Wildman–Crippen LogP) is 0.791. The molecule has 0 radical (unpaired) electrons. The lowest BCUT2D eigenvalue weighted by atomic mass is 10.00. The average Bonchev–Trinajstić information content (AvgIpc) is 2.43. The first kappa shape index (κ1) is 11.3. The standard InChI is InChI=1S/C13H16N4O/c18-13-12-8-15-5-3-11(12)7-16-17(13)9-10-2-1-4-14-6-10/h3,5,7-8,10,14H,1-2,4,6,9H2/t10-/m1/s1. The van der Waals surface area contributed by atoms with Gasteiger partial charge in [-0.3, -0.25) is 9.78 Å². The highest BCUT2D eigenvalue weighted by molar-refractivity contribution is 5.79. The van der Waals surface area contributed by atoms with Crippen molar-refractivity contribution in [2.45, 2.75) is 19.4 Å². The Morgan fingerprint density at radius 3 is 3.22 bits per heavy atom. The second kappa shape index (κ2) is 4.86. The summed E-state index contributed by atoms with van der Waals surface area (Å²) in [6, 6.07) is 1.82. The monoisotopic (exact) mass is 244 g/mol. The Morgan fingerprint density at radius 1 is 1.44 bits per heavy atom. The number of hydrogen-bond acceptors (Lipinski definition) is 4. The summed E-state index contributed by atoms with van der Waals surface area (Å²) < 4.78 is 1.57. The second-order valence-electron chi connectivity index (χ2n) is 4.81. The van der Waals surface area contributed by atoms with E-state index in [-0.39, 0.29) is 5.56 Å². The quantitative estimate of drug-likeness (QED) is 0.848. The van der Waals surface area contributed by atoms with E-state index in [1.165, 1.54) is 6.42 Å². The molecule has 0 bridgehead atoms. The van der Waals surface area contributed by atoms with Gasteiger partial charge in [-0.1, -0.05) is 0 Å². The largest absolute Gasteiger partial charge is 0.316 e. The molecule has 0 saturated carbocycles. The summed E-state index contributed by atoms with van der Waals surface area (Å²) in [7, 11) is 0. The van der Waals surface area contributed by atoms with Gasteiger partial charge in [0, 0.05) is 24.3 Å². The summed E-state index contributed by atoms with van der Waals surface area (Å²) in [5.74, 6) is 0.498. The van der Waals surface area contributed by atoms with Crippen LogP contribution in [0, 0.1) is 5.92 Å². The van der Waals surface area contributed by atoms with E-state index < -0.39 is 0 Å². The highest BCUT2D eigenvalue weighted by Crippen LogP contribution is 2.12. The first-order chi connectivity index (χ1) is 8.84. The molecule has 1 N–H and O–H groups in total. The molecule has 0 aromatic carbocycles. The maximum atomic E-state index is 12.2. The SMILES string of the molecule is O=c1c2cnccc2cnn1C[C@@H]1CCCNC1. The maximum absolute atomic E-state index is 12.2. The van der Waals surface area contributed by atoms with Gasteiger partial charge in [0.15, 0.2) is 0 Å². The Morgan fingerprint density at radius 2 is 2.39 bits per heavy atom. The Hall–Kier alpha value is -1.75. The molecule has 5 heteroatoms. The van der Waals surface area contributed by atoms with E-state index in [1.54, 1.807) is 23.3 Å². The van der Waals surface area contributed by atoms with E-state index in [1.807, 2.05) is 6.07 Å². The van der Waals surface area contributed by atoms with Crippen LogP contribution in [0.25, 0.3) is 10.8 Å². The second-order valence-corrected chi connectivity index (χ2v) is 4.81. The van der Waals surface area contributed by atoms with Crippen LogP contribution in [0.5, 0.6) is 0 Å². The number of nitrogens with one attached hydrogen (secondary N) is 1. The molecule has 1 saturated heterocycles. The van der Waals surface area contributed by atoms with Crippen molar-refractivity contribution in [1.29, 1.82) is 0 Å². The van der Waals surface area contributed by atoms with Gasteiger partial charge < -0.3 is 5.32 Å². The summed E-state index contributed by atoms with van der Waals surface area (Å²) in [6.45, 7) is 2.75. The van der Waals surface area contributed by atoms with E-state index in [4.69, 9.17) is 0 Å². The van der Waals surface area contributed by atoms with Gasteiger partial charge >= 0.3 is 0 Å². The number of aromatic nitrogens is 3. The minimum absolute atomic E-state index is 0.0360. The zero-order chi connectivity index (χ0) is 12.4. The van der Waals surface area contributed by atoms with E-state index >= 15 is 0 Å². The molecule has 3 heterocycles. The van der Waals surface area contributed by atoms with Crippen LogP contribution in [0.15, 0.2) is 29.5 Å². The number of hydrogen-bond donors (Lipinski definition) is 1. The summed E-state index contributed by atoms with van der Waals surface area (Å²) in [5.41, 5.74) is -0.0360. The molecular formula is C13H16N4O. The fourth-order valence-corrected chi connectivity index (χ4v) is 2.47. The number of fused-ring (bicyclic) bond motifs is 1. The van der Waals surface area contributed by atoms with Crippen LogP contribution in [0.4, 0.5) is 0 Å². The molecule has 2 aromatic rings. The third kappa shape index (κ3) is 2.13. The zero-order valence-corrected chi connectivity index (χ0v) is 10.2. The molecule has 94 valence electrons. The summed E-state index contributed by atoms with van der Waals surface area (Å²) >= 11 is 0. The Kier molecular flexibility index (Phi) is 3.06. The molecule has 2 aromatic heterocycles. The van der Waals surface area contributed by atoms with Crippen LogP contribution < -0.4 is 10.9 Å². The van der Waals surface area contributed by atoms with Crippen LogP contribution in [0.1, 0.15) is 12.8 Å². The summed E-state index contributed by atoms with van der Waals surface area (Å²) in [5, 5.41) is 9.11. The van der Waals surface area contributed by atoms with E-state index in [0.717, 1.165) is 24.9 Å². The summed E-state index contributed by atoms with van der Waals surface area (Å²) in [6.07, 6.45) is 7.38. The molecule has 1 fully saturated rings. The third-order valence-corrected chi connectivity index (χ3v) is 3.49. The molecule has 1 aliphatic heterocycles.